The summed E-state index contributed by atoms with van der Waals surface area (Å²) >= 11 is 6.07. The summed E-state index contributed by atoms with van der Waals surface area (Å²) in [6.45, 7) is 1.79. The Morgan fingerprint density at radius 1 is 1.06 bits per heavy atom. The minimum Gasteiger partial charge on any atom is -0.369 e. The molecule has 0 saturated heterocycles. The average Bonchev–Trinajstić information content (AvgIpc) is 3.12. The number of amides is 2. The van der Waals surface area contributed by atoms with Crippen molar-refractivity contribution < 1.29 is 9.59 Å². The van der Waals surface area contributed by atoms with Crippen LogP contribution in [0.4, 0.5) is 5.82 Å². The van der Waals surface area contributed by atoms with E-state index < -0.39 is 0 Å². The van der Waals surface area contributed by atoms with E-state index in [1.54, 1.807) is 25.3 Å². The van der Waals surface area contributed by atoms with Crippen LogP contribution in [0.3, 0.4) is 0 Å². The quantitative estimate of drug-likeness (QED) is 0.429. The molecule has 0 atom stereocenters. The van der Waals surface area contributed by atoms with Gasteiger partial charge in [0.1, 0.15) is 0 Å². The van der Waals surface area contributed by atoms with Crippen LogP contribution in [-0.2, 0) is 17.6 Å². The predicted molar refractivity (Wildman–Crippen MR) is 120 cm³/mol. The summed E-state index contributed by atoms with van der Waals surface area (Å²) in [5.41, 5.74) is 9.91. The number of rotatable bonds is 6. The molecule has 0 aliphatic rings. The normalized spacial score (nSPS) is 10.9. The van der Waals surface area contributed by atoms with Crippen LogP contribution in [0.25, 0.3) is 10.9 Å². The summed E-state index contributed by atoms with van der Waals surface area (Å²) in [4.78, 5) is 28.4. The topological polar surface area (TPSA) is 114 Å². The largest absolute Gasteiger partial charge is 0.369 e. The number of primary amides is 1. The number of nitrogens with one attached hydrogen (secondary N) is 2. The van der Waals surface area contributed by atoms with Gasteiger partial charge in [-0.15, -0.1) is 0 Å². The first kappa shape index (κ1) is 20.6. The molecule has 2 aromatic carbocycles. The number of pyridine rings is 1. The highest BCUT2D eigenvalue weighted by atomic mass is 35.5. The Morgan fingerprint density at radius 3 is 2.55 bits per heavy atom. The Balaban J connectivity index is 1.53. The molecule has 2 heterocycles. The van der Waals surface area contributed by atoms with Gasteiger partial charge in [0.05, 0.1) is 17.5 Å². The molecule has 7 nitrogen and oxygen atoms in total. The van der Waals surface area contributed by atoms with Gasteiger partial charge >= 0.3 is 0 Å². The highest BCUT2D eigenvalue weighted by Gasteiger charge is 2.15. The van der Waals surface area contributed by atoms with Crippen molar-refractivity contribution in [3.8, 4) is 0 Å². The number of carbonyl (C=O) groups excluding carboxylic acids is 2. The van der Waals surface area contributed by atoms with Gasteiger partial charge in [-0.2, -0.15) is 5.10 Å². The van der Waals surface area contributed by atoms with Crippen molar-refractivity contribution in [2.75, 3.05) is 5.32 Å². The van der Waals surface area contributed by atoms with Crippen LogP contribution in [0.15, 0.2) is 54.7 Å². The molecule has 2 aromatic heterocycles. The molecule has 2 amide bonds. The molecule has 0 unspecified atom stereocenters. The Bertz CT molecular complexity index is 1280. The van der Waals surface area contributed by atoms with Crippen LogP contribution in [0, 0.1) is 6.92 Å². The van der Waals surface area contributed by atoms with Crippen molar-refractivity contribution in [3.63, 3.8) is 0 Å². The Kier molecular flexibility index (Phi) is 5.68. The van der Waals surface area contributed by atoms with Gasteiger partial charge in [-0.05, 0) is 54.3 Å². The lowest BCUT2D eigenvalue weighted by Crippen LogP contribution is -2.15. The second-order valence-corrected chi connectivity index (χ2v) is 7.77. The fourth-order valence-corrected chi connectivity index (χ4v) is 3.54. The smallest absolute Gasteiger partial charge is 0.258 e. The second kappa shape index (κ2) is 8.57. The third-order valence-electron chi connectivity index (χ3n) is 4.95. The number of H-pyrrole nitrogens is 1. The van der Waals surface area contributed by atoms with E-state index in [-0.39, 0.29) is 18.2 Å². The van der Waals surface area contributed by atoms with Gasteiger partial charge in [-0.1, -0.05) is 35.9 Å². The molecule has 0 aliphatic carbocycles. The summed E-state index contributed by atoms with van der Waals surface area (Å²) in [5.74, 6) is -0.243. The molecule has 0 radical (unpaired) electrons. The summed E-state index contributed by atoms with van der Waals surface area (Å²) < 4.78 is 0. The molecule has 8 heteroatoms. The molecular weight excluding hydrogens is 414 g/mol. The number of hydrogen-bond acceptors (Lipinski definition) is 4. The number of benzene rings is 2. The van der Waals surface area contributed by atoms with E-state index in [0.29, 0.717) is 28.5 Å². The van der Waals surface area contributed by atoms with Crippen molar-refractivity contribution in [2.24, 2.45) is 5.73 Å². The van der Waals surface area contributed by atoms with E-state index in [1.165, 1.54) is 0 Å². The minimum atomic E-state index is -0.363. The predicted octanol–water partition coefficient (Wildman–Crippen LogP) is 3.79. The Morgan fingerprint density at radius 2 is 1.81 bits per heavy atom. The third-order valence-corrected chi connectivity index (χ3v) is 5.19. The average molecular weight is 434 g/mol. The lowest BCUT2D eigenvalue weighted by molar-refractivity contribution is -0.117. The standard InChI is InChI=1S/C23H20ClN5O2/c1-13-18(23(31)27-22-19-11-17(24)6-7-20(19)28-29-22)9-16(12-26-13)8-14-2-4-15(5-3-14)10-21(25)30/h2-7,9,11-12H,8,10H2,1H3,(H2,25,30)(H2,27,28,29,31). The van der Waals surface area contributed by atoms with Crippen molar-refractivity contribution in [3.05, 3.63) is 87.7 Å². The van der Waals surface area contributed by atoms with Crippen LogP contribution in [-0.4, -0.2) is 27.0 Å². The highest BCUT2D eigenvalue weighted by molar-refractivity contribution is 6.31. The molecular formula is C23H20ClN5O2. The van der Waals surface area contributed by atoms with Crippen molar-refractivity contribution in [1.82, 2.24) is 15.2 Å². The van der Waals surface area contributed by atoms with E-state index in [2.05, 4.69) is 20.5 Å². The van der Waals surface area contributed by atoms with Gasteiger partial charge in [-0.3, -0.25) is 19.7 Å². The maximum Gasteiger partial charge on any atom is 0.258 e. The number of carbonyl (C=O) groups is 2. The van der Waals surface area contributed by atoms with Crippen LogP contribution in [0.2, 0.25) is 5.02 Å². The number of aryl methyl sites for hydroxylation is 1. The molecule has 0 aliphatic heterocycles. The molecule has 0 bridgehead atoms. The molecule has 4 rings (SSSR count). The van der Waals surface area contributed by atoms with Gasteiger partial charge in [0, 0.05) is 22.3 Å². The van der Waals surface area contributed by atoms with Crippen LogP contribution < -0.4 is 11.1 Å². The second-order valence-electron chi connectivity index (χ2n) is 7.33. The number of hydrogen-bond donors (Lipinski definition) is 3. The van der Waals surface area contributed by atoms with E-state index in [4.69, 9.17) is 17.3 Å². The maximum absolute atomic E-state index is 12.9. The highest BCUT2D eigenvalue weighted by Crippen LogP contribution is 2.25. The van der Waals surface area contributed by atoms with Gasteiger partial charge in [0.15, 0.2) is 5.82 Å². The fourth-order valence-electron chi connectivity index (χ4n) is 3.37. The number of aromatic amines is 1. The van der Waals surface area contributed by atoms with Crippen molar-refractivity contribution >= 4 is 40.1 Å². The van der Waals surface area contributed by atoms with Crippen molar-refractivity contribution in [1.29, 1.82) is 0 Å². The van der Waals surface area contributed by atoms with E-state index in [9.17, 15) is 9.59 Å². The van der Waals surface area contributed by atoms with E-state index >= 15 is 0 Å². The number of fused-ring (bicyclic) bond motifs is 1. The number of aromatic nitrogens is 3. The first-order valence-electron chi connectivity index (χ1n) is 9.65. The number of halogens is 1. The zero-order valence-corrected chi connectivity index (χ0v) is 17.5. The van der Waals surface area contributed by atoms with Crippen LogP contribution >= 0.6 is 11.6 Å². The van der Waals surface area contributed by atoms with Gasteiger partial charge in [0.25, 0.3) is 5.91 Å². The number of anilines is 1. The lowest BCUT2D eigenvalue weighted by Gasteiger charge is -2.09. The number of nitrogens with two attached hydrogens (primary N) is 1. The number of nitrogens with zero attached hydrogens (tertiary/aromatic N) is 2. The molecule has 0 fully saturated rings. The zero-order chi connectivity index (χ0) is 22.0. The summed E-state index contributed by atoms with van der Waals surface area (Å²) in [6.07, 6.45) is 2.57. The fraction of sp³-hybridized carbons (Fsp3) is 0.130. The molecule has 4 N–H and O–H groups in total. The third kappa shape index (κ3) is 4.73. The van der Waals surface area contributed by atoms with E-state index in [1.807, 2.05) is 36.4 Å². The van der Waals surface area contributed by atoms with Gasteiger partial charge < -0.3 is 11.1 Å². The van der Waals surface area contributed by atoms with Crippen LogP contribution in [0.1, 0.15) is 32.7 Å². The Hall–Kier alpha value is -3.71. The minimum absolute atomic E-state index is 0.212. The summed E-state index contributed by atoms with van der Waals surface area (Å²) in [7, 11) is 0. The maximum atomic E-state index is 12.9. The molecule has 0 saturated carbocycles. The molecule has 4 aromatic rings. The first-order valence-corrected chi connectivity index (χ1v) is 10.0. The van der Waals surface area contributed by atoms with E-state index in [0.717, 1.165) is 27.6 Å². The lowest BCUT2D eigenvalue weighted by atomic mass is 10.0. The van der Waals surface area contributed by atoms with Gasteiger partial charge in [0.2, 0.25) is 5.91 Å². The first-order chi connectivity index (χ1) is 14.9. The van der Waals surface area contributed by atoms with Gasteiger partial charge in [-0.25, -0.2) is 0 Å². The molecule has 31 heavy (non-hydrogen) atoms. The Labute approximate surface area is 183 Å². The van der Waals surface area contributed by atoms with Crippen LogP contribution in [0.5, 0.6) is 0 Å². The molecule has 0 spiro atoms. The SMILES string of the molecule is Cc1ncc(Cc2ccc(CC(N)=O)cc2)cc1C(=O)Nc1n[nH]c2ccc(Cl)cc12. The summed E-state index contributed by atoms with van der Waals surface area (Å²) in [5, 5.41) is 11.2. The van der Waals surface area contributed by atoms with Crippen molar-refractivity contribution in [2.45, 2.75) is 19.8 Å². The zero-order valence-electron chi connectivity index (χ0n) is 16.8. The summed E-state index contributed by atoms with van der Waals surface area (Å²) in [6, 6.07) is 14.8. The molecule has 156 valence electrons. The monoisotopic (exact) mass is 433 g/mol.